The molecule has 0 aliphatic carbocycles. The van der Waals surface area contributed by atoms with Crippen LogP contribution in [-0.4, -0.2) is 32.8 Å². The van der Waals surface area contributed by atoms with E-state index in [4.69, 9.17) is 9.15 Å². The molecule has 0 saturated heterocycles. The normalized spacial score (nSPS) is 15.3. The average molecular weight is 516 g/mol. The van der Waals surface area contributed by atoms with Gasteiger partial charge in [0.05, 0.1) is 6.42 Å². The molecule has 12 heteroatoms. The lowest BCUT2D eigenvalue weighted by atomic mass is 9.84. The standard InChI is InChI=1S/C25H15F3O9/c26-25(27,28)37-16-4-2-1-3-11(16)12-8-18(32)35-17-9-15(31)20-21(33)22(34)23(36-24(20)19(12)17)10-5-6-13(29)14(30)7-10/h1-7,9,12,29-31,34H,8H2/t12-/m1/s1. The summed E-state index contributed by atoms with van der Waals surface area (Å²) in [6.07, 6.45) is -5.51. The number of alkyl halides is 3. The van der Waals surface area contributed by atoms with E-state index < -0.39 is 70.0 Å². The van der Waals surface area contributed by atoms with E-state index in [1.165, 1.54) is 24.3 Å². The van der Waals surface area contributed by atoms with Crippen molar-refractivity contribution < 1.29 is 52.3 Å². The Morgan fingerprint density at radius 3 is 2.35 bits per heavy atom. The Bertz CT molecular complexity index is 1640. The van der Waals surface area contributed by atoms with Crippen LogP contribution in [0.5, 0.6) is 34.5 Å². The van der Waals surface area contributed by atoms with Crippen LogP contribution in [0.25, 0.3) is 22.3 Å². The second kappa shape index (κ2) is 8.36. The minimum atomic E-state index is -5.04. The summed E-state index contributed by atoms with van der Waals surface area (Å²) in [7, 11) is 0. The molecule has 0 amide bonds. The number of hydrogen-bond acceptors (Lipinski definition) is 9. The number of phenolic OH excluding ortho intramolecular Hbond substituents is 3. The molecule has 3 aromatic carbocycles. The van der Waals surface area contributed by atoms with Crippen molar-refractivity contribution >= 4 is 16.9 Å². The van der Waals surface area contributed by atoms with Gasteiger partial charge in [0, 0.05) is 28.7 Å². The molecule has 9 nitrogen and oxygen atoms in total. The number of carbonyl (C=O) groups excluding carboxylic acids is 1. The summed E-state index contributed by atoms with van der Waals surface area (Å²) in [5.41, 5.74) is -1.65. The Hall–Kier alpha value is -4.87. The predicted octanol–water partition coefficient (Wildman–Crippen LogP) is 4.62. The number of para-hydroxylation sites is 1. The van der Waals surface area contributed by atoms with Gasteiger partial charge >= 0.3 is 12.3 Å². The minimum absolute atomic E-state index is 0.0472. The zero-order valence-electron chi connectivity index (χ0n) is 18.4. The molecule has 0 radical (unpaired) electrons. The van der Waals surface area contributed by atoms with Gasteiger partial charge in [-0.05, 0) is 24.3 Å². The van der Waals surface area contributed by atoms with E-state index in [1.807, 2.05) is 0 Å². The summed E-state index contributed by atoms with van der Waals surface area (Å²) in [6.45, 7) is 0. The number of fused-ring (bicyclic) bond motifs is 3. The van der Waals surface area contributed by atoms with Crippen LogP contribution in [0.2, 0.25) is 0 Å². The fourth-order valence-electron chi connectivity index (χ4n) is 4.29. The quantitative estimate of drug-likeness (QED) is 0.174. The Kier molecular flexibility index (Phi) is 5.39. The molecular formula is C25H15F3O9. The molecule has 2 heterocycles. The maximum absolute atomic E-state index is 13.1. The number of benzene rings is 3. The number of rotatable bonds is 3. The third kappa shape index (κ3) is 4.11. The van der Waals surface area contributed by atoms with Crippen LogP contribution in [0.3, 0.4) is 0 Å². The summed E-state index contributed by atoms with van der Waals surface area (Å²) in [6, 6.07) is 9.29. The highest BCUT2D eigenvalue weighted by Gasteiger charge is 2.38. The topological polar surface area (TPSA) is 147 Å². The van der Waals surface area contributed by atoms with Gasteiger partial charge in [-0.3, -0.25) is 9.59 Å². The monoisotopic (exact) mass is 516 g/mol. The molecule has 4 aromatic rings. The number of esters is 1. The van der Waals surface area contributed by atoms with E-state index in [1.54, 1.807) is 0 Å². The second-order valence-electron chi connectivity index (χ2n) is 8.14. The zero-order valence-corrected chi connectivity index (χ0v) is 18.4. The van der Waals surface area contributed by atoms with Crippen molar-refractivity contribution in [1.82, 2.24) is 0 Å². The maximum Gasteiger partial charge on any atom is 0.573 e. The Labute approximate surface area is 204 Å². The summed E-state index contributed by atoms with van der Waals surface area (Å²) < 4.78 is 54.4. The van der Waals surface area contributed by atoms with Crippen molar-refractivity contribution in [2.24, 2.45) is 0 Å². The Morgan fingerprint density at radius 2 is 1.65 bits per heavy atom. The van der Waals surface area contributed by atoms with Gasteiger partial charge in [0.25, 0.3) is 0 Å². The molecule has 0 bridgehead atoms. The van der Waals surface area contributed by atoms with Crippen LogP contribution >= 0.6 is 0 Å². The lowest BCUT2D eigenvalue weighted by Crippen LogP contribution is -2.24. The Morgan fingerprint density at radius 1 is 0.919 bits per heavy atom. The Balaban J connectivity index is 1.83. The van der Waals surface area contributed by atoms with Gasteiger partial charge in [-0.25, -0.2) is 0 Å². The van der Waals surface area contributed by atoms with Crippen molar-refractivity contribution in [3.05, 3.63) is 69.9 Å². The third-order valence-electron chi connectivity index (χ3n) is 5.82. The minimum Gasteiger partial charge on any atom is -0.507 e. The highest BCUT2D eigenvalue weighted by atomic mass is 19.4. The number of carbonyl (C=O) groups is 1. The highest BCUT2D eigenvalue weighted by Crippen LogP contribution is 2.49. The zero-order chi connectivity index (χ0) is 26.6. The van der Waals surface area contributed by atoms with Crippen LogP contribution in [0.1, 0.15) is 23.5 Å². The first-order valence-electron chi connectivity index (χ1n) is 10.6. The molecular weight excluding hydrogens is 501 g/mol. The van der Waals surface area contributed by atoms with Crippen LogP contribution in [0, 0.1) is 0 Å². The van der Waals surface area contributed by atoms with E-state index in [0.29, 0.717) is 0 Å². The van der Waals surface area contributed by atoms with Gasteiger partial charge in [0.2, 0.25) is 11.2 Å². The van der Waals surface area contributed by atoms with E-state index in [9.17, 15) is 43.2 Å². The molecule has 37 heavy (non-hydrogen) atoms. The van der Waals surface area contributed by atoms with Crippen molar-refractivity contribution in [2.75, 3.05) is 0 Å². The second-order valence-corrected chi connectivity index (χ2v) is 8.14. The highest BCUT2D eigenvalue weighted by molar-refractivity contribution is 5.94. The van der Waals surface area contributed by atoms with Gasteiger partial charge in [0.1, 0.15) is 28.2 Å². The van der Waals surface area contributed by atoms with Crippen molar-refractivity contribution in [3.63, 3.8) is 0 Å². The smallest absolute Gasteiger partial charge is 0.507 e. The van der Waals surface area contributed by atoms with E-state index >= 15 is 0 Å². The SMILES string of the molecule is O=C1C[C@H](c2ccccc2OC(F)(F)F)c2c(cc(O)c3c(=O)c(O)c(-c4ccc(O)c(O)c4)oc23)O1. The lowest BCUT2D eigenvalue weighted by Gasteiger charge is -2.27. The summed E-state index contributed by atoms with van der Waals surface area (Å²) in [5.74, 6) is -6.11. The fourth-order valence-corrected chi connectivity index (χ4v) is 4.29. The number of ether oxygens (including phenoxy) is 2. The van der Waals surface area contributed by atoms with Crippen LogP contribution in [0.4, 0.5) is 13.2 Å². The fraction of sp³-hybridized carbons (Fsp3) is 0.120. The molecule has 1 aliphatic rings. The van der Waals surface area contributed by atoms with Crippen molar-refractivity contribution in [1.29, 1.82) is 0 Å². The summed E-state index contributed by atoms with van der Waals surface area (Å²) in [5, 5.41) is 40.0. The number of phenols is 3. The molecule has 0 unspecified atom stereocenters. The van der Waals surface area contributed by atoms with Gasteiger partial charge < -0.3 is 34.3 Å². The largest absolute Gasteiger partial charge is 0.573 e. The first kappa shape index (κ1) is 23.9. The summed E-state index contributed by atoms with van der Waals surface area (Å²) >= 11 is 0. The molecule has 1 aliphatic heterocycles. The maximum atomic E-state index is 13.1. The number of hydrogen-bond donors (Lipinski definition) is 4. The molecule has 0 fully saturated rings. The van der Waals surface area contributed by atoms with Crippen LogP contribution < -0.4 is 14.9 Å². The van der Waals surface area contributed by atoms with Crippen molar-refractivity contribution in [3.8, 4) is 45.8 Å². The molecule has 4 N–H and O–H groups in total. The van der Waals surface area contributed by atoms with Gasteiger partial charge in [0.15, 0.2) is 17.3 Å². The van der Waals surface area contributed by atoms with E-state index in [0.717, 1.165) is 24.3 Å². The lowest BCUT2D eigenvalue weighted by molar-refractivity contribution is -0.274. The van der Waals surface area contributed by atoms with Crippen LogP contribution in [-0.2, 0) is 4.79 Å². The third-order valence-corrected chi connectivity index (χ3v) is 5.82. The van der Waals surface area contributed by atoms with Gasteiger partial charge in [-0.15, -0.1) is 13.2 Å². The van der Waals surface area contributed by atoms with E-state index in [2.05, 4.69) is 4.74 Å². The van der Waals surface area contributed by atoms with E-state index in [-0.39, 0.29) is 28.0 Å². The molecule has 0 saturated carbocycles. The van der Waals surface area contributed by atoms with Crippen molar-refractivity contribution in [2.45, 2.75) is 18.7 Å². The number of aromatic hydroxyl groups is 4. The van der Waals surface area contributed by atoms with Crippen LogP contribution in [0.15, 0.2) is 57.7 Å². The van der Waals surface area contributed by atoms with Gasteiger partial charge in [-0.2, -0.15) is 0 Å². The molecule has 190 valence electrons. The summed E-state index contributed by atoms with van der Waals surface area (Å²) in [4.78, 5) is 25.5. The average Bonchev–Trinajstić information content (AvgIpc) is 2.81. The van der Waals surface area contributed by atoms with Gasteiger partial charge in [-0.1, -0.05) is 18.2 Å². The predicted molar refractivity (Wildman–Crippen MR) is 120 cm³/mol. The first-order valence-corrected chi connectivity index (χ1v) is 10.6. The molecule has 1 aromatic heterocycles. The molecule has 0 spiro atoms. The number of halogens is 3. The first-order chi connectivity index (χ1) is 17.4. The molecule has 1 atom stereocenters. The molecule has 5 rings (SSSR count).